The van der Waals surface area contributed by atoms with Gasteiger partial charge < -0.3 is 15.4 Å². The first kappa shape index (κ1) is 17.7. The molecule has 0 aliphatic rings. The highest BCUT2D eigenvalue weighted by atomic mass is 35.6. The first-order valence-corrected chi connectivity index (χ1v) is 7.72. The van der Waals surface area contributed by atoms with E-state index >= 15 is 0 Å². The third-order valence-corrected chi connectivity index (χ3v) is 3.58. The third-order valence-electron chi connectivity index (χ3n) is 2.93. The van der Waals surface area contributed by atoms with Gasteiger partial charge in [-0.05, 0) is 36.4 Å². The van der Waals surface area contributed by atoms with Gasteiger partial charge in [-0.25, -0.2) is 0 Å². The molecule has 0 spiro atoms. The molecule has 1 heterocycles. The second kappa shape index (κ2) is 7.73. The summed E-state index contributed by atoms with van der Waals surface area (Å²) in [6.45, 7) is 0. The number of pyridine rings is 1. The zero-order chi connectivity index (χ0) is 16.9. The highest BCUT2D eigenvalue weighted by Gasteiger charge is 2.34. The molecule has 0 bridgehead atoms. The van der Waals surface area contributed by atoms with Crippen LogP contribution in [0.25, 0.3) is 0 Å². The Hall–Kier alpha value is -1.69. The number of amides is 1. The minimum Gasteiger partial charge on any atom is -0.497 e. The fraction of sp³-hybridized carbons (Fsp3) is 0.200. The number of hydrogen-bond donors (Lipinski definition) is 2. The van der Waals surface area contributed by atoms with Crippen molar-refractivity contribution in [3.63, 3.8) is 0 Å². The summed E-state index contributed by atoms with van der Waals surface area (Å²) in [5, 5.41) is 5.60. The molecule has 0 saturated carbocycles. The highest BCUT2D eigenvalue weighted by Crippen LogP contribution is 2.31. The van der Waals surface area contributed by atoms with Crippen molar-refractivity contribution in [2.45, 2.75) is 9.96 Å². The Labute approximate surface area is 148 Å². The number of nitrogens with one attached hydrogen (secondary N) is 2. The van der Waals surface area contributed by atoms with Crippen LogP contribution in [0, 0.1) is 0 Å². The Morgan fingerprint density at radius 1 is 1.22 bits per heavy atom. The van der Waals surface area contributed by atoms with Gasteiger partial charge in [0.2, 0.25) is 3.79 Å². The molecule has 8 heteroatoms. The number of anilines is 1. The molecule has 0 radical (unpaired) electrons. The Kier molecular flexibility index (Phi) is 5.93. The number of benzene rings is 1. The monoisotopic (exact) mass is 373 g/mol. The molecule has 0 unspecified atom stereocenters. The normalized spacial score (nSPS) is 12.3. The van der Waals surface area contributed by atoms with E-state index in [-0.39, 0.29) is 0 Å². The highest BCUT2D eigenvalue weighted by molar-refractivity contribution is 6.68. The molecule has 2 N–H and O–H groups in total. The smallest absolute Gasteiger partial charge is 0.254 e. The lowest BCUT2D eigenvalue weighted by Gasteiger charge is -2.27. The lowest BCUT2D eigenvalue weighted by Crippen LogP contribution is -2.49. The minimum absolute atomic E-state index is 0.364. The van der Waals surface area contributed by atoms with Crippen molar-refractivity contribution in [3.05, 3.63) is 54.4 Å². The van der Waals surface area contributed by atoms with E-state index in [9.17, 15) is 4.79 Å². The zero-order valence-corrected chi connectivity index (χ0v) is 14.4. The van der Waals surface area contributed by atoms with Crippen LogP contribution < -0.4 is 15.4 Å². The maximum atomic E-state index is 12.2. The molecule has 0 aliphatic carbocycles. The van der Waals surface area contributed by atoms with Gasteiger partial charge in [-0.1, -0.05) is 34.8 Å². The molecule has 0 saturated heterocycles. The second-order valence-electron chi connectivity index (χ2n) is 4.56. The van der Waals surface area contributed by atoms with Gasteiger partial charge in [0.05, 0.1) is 12.7 Å². The van der Waals surface area contributed by atoms with Crippen LogP contribution in [-0.2, 0) is 0 Å². The maximum Gasteiger partial charge on any atom is 0.254 e. The van der Waals surface area contributed by atoms with Gasteiger partial charge in [0.15, 0.2) is 0 Å². The molecular formula is C15H14Cl3N3O2. The van der Waals surface area contributed by atoms with E-state index in [0.717, 1.165) is 0 Å². The summed E-state index contributed by atoms with van der Waals surface area (Å²) in [7, 11) is 1.57. The van der Waals surface area contributed by atoms with Crippen LogP contribution in [-0.4, -0.2) is 28.0 Å². The molecule has 122 valence electrons. The number of carbonyl (C=O) groups is 1. The van der Waals surface area contributed by atoms with Gasteiger partial charge in [0, 0.05) is 18.1 Å². The van der Waals surface area contributed by atoms with Crippen LogP contribution >= 0.6 is 34.8 Å². The number of halogens is 3. The van der Waals surface area contributed by atoms with Gasteiger partial charge in [0.25, 0.3) is 5.91 Å². The summed E-state index contributed by atoms with van der Waals surface area (Å²) in [5.41, 5.74) is 1.02. The van der Waals surface area contributed by atoms with E-state index in [2.05, 4.69) is 15.6 Å². The molecule has 0 fully saturated rings. The van der Waals surface area contributed by atoms with E-state index in [0.29, 0.717) is 17.0 Å². The lowest BCUT2D eigenvalue weighted by molar-refractivity contribution is 0.0941. The molecule has 1 amide bonds. The zero-order valence-electron chi connectivity index (χ0n) is 12.1. The first-order valence-electron chi connectivity index (χ1n) is 6.58. The van der Waals surface area contributed by atoms with Crippen LogP contribution in [0.2, 0.25) is 0 Å². The van der Waals surface area contributed by atoms with Crippen LogP contribution in [0.5, 0.6) is 5.75 Å². The first-order chi connectivity index (χ1) is 10.9. The molecule has 1 atom stereocenters. The molecule has 2 aromatic rings. The van der Waals surface area contributed by atoms with Gasteiger partial charge in [-0.3, -0.25) is 9.78 Å². The van der Waals surface area contributed by atoms with Crippen LogP contribution in [0.4, 0.5) is 5.69 Å². The van der Waals surface area contributed by atoms with E-state index in [1.807, 2.05) is 0 Å². The summed E-state index contributed by atoms with van der Waals surface area (Å²) < 4.78 is 3.33. The standard InChI is InChI=1S/C15H14Cl3N3O2/c1-23-12-6-4-11(5-7-12)20-14(15(16,17)18)21-13(22)10-3-2-8-19-9-10/h2-9,14,20H,1H3,(H,21,22)/t14-/m0/s1. The Bertz CT molecular complexity index is 645. The van der Waals surface area contributed by atoms with Crippen molar-refractivity contribution in [1.29, 1.82) is 0 Å². The Morgan fingerprint density at radius 3 is 2.43 bits per heavy atom. The van der Waals surface area contributed by atoms with Crippen molar-refractivity contribution in [2.75, 3.05) is 12.4 Å². The fourth-order valence-electron chi connectivity index (χ4n) is 1.77. The van der Waals surface area contributed by atoms with Crippen molar-refractivity contribution >= 4 is 46.4 Å². The van der Waals surface area contributed by atoms with Crippen molar-refractivity contribution in [3.8, 4) is 5.75 Å². The Morgan fingerprint density at radius 2 is 1.91 bits per heavy atom. The third kappa shape index (κ3) is 5.16. The Balaban J connectivity index is 2.12. The van der Waals surface area contributed by atoms with E-state index in [1.165, 1.54) is 6.20 Å². The number of aromatic nitrogens is 1. The lowest BCUT2D eigenvalue weighted by atomic mass is 10.2. The van der Waals surface area contributed by atoms with Gasteiger partial charge in [0.1, 0.15) is 11.9 Å². The summed E-state index contributed by atoms with van der Waals surface area (Å²) in [5.74, 6) is 0.288. The minimum atomic E-state index is -1.75. The number of methoxy groups -OCH3 is 1. The van der Waals surface area contributed by atoms with Crippen LogP contribution in [0.1, 0.15) is 10.4 Å². The number of rotatable bonds is 5. The summed E-state index contributed by atoms with van der Waals surface area (Å²) in [6, 6.07) is 10.3. The van der Waals surface area contributed by atoms with Crippen molar-refractivity contribution in [1.82, 2.24) is 10.3 Å². The van der Waals surface area contributed by atoms with Gasteiger partial charge in [-0.15, -0.1) is 0 Å². The van der Waals surface area contributed by atoms with Gasteiger partial charge in [-0.2, -0.15) is 0 Å². The summed E-state index contributed by atoms with van der Waals surface area (Å²) in [4.78, 5) is 16.1. The predicted molar refractivity (Wildman–Crippen MR) is 92.4 cm³/mol. The second-order valence-corrected chi connectivity index (χ2v) is 6.93. The summed E-state index contributed by atoms with van der Waals surface area (Å²) in [6.07, 6.45) is 2.06. The fourth-order valence-corrected chi connectivity index (χ4v) is 2.09. The molecule has 23 heavy (non-hydrogen) atoms. The van der Waals surface area contributed by atoms with Crippen molar-refractivity contribution < 1.29 is 9.53 Å². The largest absolute Gasteiger partial charge is 0.497 e. The SMILES string of the molecule is COc1ccc(N[C@@H](NC(=O)c2cccnc2)C(Cl)(Cl)Cl)cc1. The molecule has 5 nitrogen and oxygen atoms in total. The summed E-state index contributed by atoms with van der Waals surface area (Å²) >= 11 is 17.9. The van der Waals surface area contributed by atoms with E-state index < -0.39 is 15.9 Å². The topological polar surface area (TPSA) is 63.2 Å². The van der Waals surface area contributed by atoms with E-state index in [4.69, 9.17) is 39.5 Å². The molecule has 1 aromatic carbocycles. The predicted octanol–water partition coefficient (Wildman–Crippen LogP) is 3.63. The average Bonchev–Trinajstić information content (AvgIpc) is 2.54. The molecule has 2 rings (SSSR count). The van der Waals surface area contributed by atoms with Gasteiger partial charge >= 0.3 is 0 Å². The molecule has 1 aromatic heterocycles. The number of nitrogens with zero attached hydrogens (tertiary/aromatic N) is 1. The maximum absolute atomic E-state index is 12.2. The number of ether oxygens (including phenoxy) is 1. The van der Waals surface area contributed by atoms with Crippen LogP contribution in [0.15, 0.2) is 48.8 Å². The van der Waals surface area contributed by atoms with Crippen LogP contribution in [0.3, 0.4) is 0 Å². The molecule has 0 aliphatic heterocycles. The number of alkyl halides is 3. The number of carbonyl (C=O) groups excluding carboxylic acids is 1. The average molecular weight is 375 g/mol. The van der Waals surface area contributed by atoms with Crippen molar-refractivity contribution in [2.24, 2.45) is 0 Å². The quantitative estimate of drug-likeness (QED) is 0.620. The van der Waals surface area contributed by atoms with E-state index in [1.54, 1.807) is 49.7 Å². The number of hydrogen-bond acceptors (Lipinski definition) is 4. The molecular weight excluding hydrogens is 361 g/mol.